The van der Waals surface area contributed by atoms with Gasteiger partial charge in [0.15, 0.2) is 0 Å². The molecule has 0 radical (unpaired) electrons. The number of rotatable bonds is 6. The molecule has 1 N–H and O–H groups in total. The molecule has 1 heterocycles. The van der Waals surface area contributed by atoms with Gasteiger partial charge in [0.05, 0.1) is 6.21 Å². The third kappa shape index (κ3) is 3.73. The van der Waals surface area contributed by atoms with Crippen LogP contribution in [0, 0.1) is 6.92 Å². The molecular formula is C13H21N3O. The van der Waals surface area contributed by atoms with E-state index in [1.165, 1.54) is 6.21 Å². The monoisotopic (exact) mass is 235 g/mol. The normalized spacial score (nSPS) is 11.0. The van der Waals surface area contributed by atoms with Crippen LogP contribution in [0.5, 0.6) is 0 Å². The Kier molecular flexibility index (Phi) is 5.46. The molecule has 0 unspecified atom stereocenters. The van der Waals surface area contributed by atoms with E-state index in [2.05, 4.69) is 28.9 Å². The zero-order chi connectivity index (χ0) is 12.7. The summed E-state index contributed by atoms with van der Waals surface area (Å²) in [5.74, 6) is 1.00. The van der Waals surface area contributed by atoms with Gasteiger partial charge in [0.2, 0.25) is 0 Å². The number of pyridine rings is 1. The van der Waals surface area contributed by atoms with Gasteiger partial charge in [-0.05, 0) is 31.9 Å². The quantitative estimate of drug-likeness (QED) is 0.468. The van der Waals surface area contributed by atoms with Crippen molar-refractivity contribution in [1.29, 1.82) is 0 Å². The highest BCUT2D eigenvalue weighted by atomic mass is 16.4. The molecule has 17 heavy (non-hydrogen) atoms. The van der Waals surface area contributed by atoms with E-state index in [-0.39, 0.29) is 0 Å². The molecule has 0 saturated carbocycles. The van der Waals surface area contributed by atoms with E-state index in [1.54, 1.807) is 0 Å². The van der Waals surface area contributed by atoms with Gasteiger partial charge in [0.25, 0.3) is 0 Å². The van der Waals surface area contributed by atoms with Crippen molar-refractivity contribution in [2.75, 3.05) is 18.0 Å². The Hall–Kier alpha value is -1.58. The first kappa shape index (κ1) is 13.5. The largest absolute Gasteiger partial charge is 0.411 e. The second-order valence-electron chi connectivity index (χ2n) is 4.08. The van der Waals surface area contributed by atoms with Crippen LogP contribution in [0.2, 0.25) is 0 Å². The molecule has 0 aliphatic rings. The Morgan fingerprint density at radius 1 is 1.29 bits per heavy atom. The summed E-state index contributed by atoms with van der Waals surface area (Å²) in [6.45, 7) is 8.31. The van der Waals surface area contributed by atoms with Gasteiger partial charge in [-0.25, -0.2) is 4.98 Å². The molecule has 0 amide bonds. The lowest BCUT2D eigenvalue weighted by molar-refractivity contribution is 0.322. The lowest BCUT2D eigenvalue weighted by Crippen LogP contribution is -2.26. The fourth-order valence-corrected chi connectivity index (χ4v) is 1.81. The third-order valence-corrected chi connectivity index (χ3v) is 2.62. The van der Waals surface area contributed by atoms with Gasteiger partial charge in [0.1, 0.15) is 5.82 Å². The lowest BCUT2D eigenvalue weighted by Gasteiger charge is -2.23. The van der Waals surface area contributed by atoms with Gasteiger partial charge in [-0.2, -0.15) is 0 Å². The van der Waals surface area contributed by atoms with Crippen molar-refractivity contribution in [3.05, 3.63) is 23.4 Å². The summed E-state index contributed by atoms with van der Waals surface area (Å²) in [5.41, 5.74) is 1.74. The van der Waals surface area contributed by atoms with Crippen molar-refractivity contribution in [3.8, 4) is 0 Å². The van der Waals surface area contributed by atoms with Crippen molar-refractivity contribution in [1.82, 2.24) is 4.98 Å². The highest BCUT2D eigenvalue weighted by molar-refractivity contribution is 5.80. The Labute approximate surface area is 103 Å². The van der Waals surface area contributed by atoms with Crippen molar-refractivity contribution in [2.45, 2.75) is 33.6 Å². The van der Waals surface area contributed by atoms with E-state index in [1.807, 2.05) is 19.1 Å². The fraction of sp³-hybridized carbons (Fsp3) is 0.538. The molecule has 0 atom stereocenters. The molecule has 0 aliphatic heterocycles. The molecular weight excluding hydrogens is 214 g/mol. The zero-order valence-corrected chi connectivity index (χ0v) is 10.8. The Morgan fingerprint density at radius 2 is 1.94 bits per heavy atom. The van der Waals surface area contributed by atoms with Crippen molar-refractivity contribution >= 4 is 12.0 Å². The minimum atomic E-state index is 0.851. The lowest BCUT2D eigenvalue weighted by atomic mass is 10.2. The molecule has 0 saturated heterocycles. The first-order valence-corrected chi connectivity index (χ1v) is 6.13. The second-order valence-corrected chi connectivity index (χ2v) is 4.08. The molecule has 1 rings (SSSR count). The van der Waals surface area contributed by atoms with Gasteiger partial charge in [-0.1, -0.05) is 19.0 Å². The summed E-state index contributed by atoms with van der Waals surface area (Å²) in [6.07, 6.45) is 3.64. The number of oxime groups is 1. The van der Waals surface area contributed by atoms with E-state index in [0.717, 1.165) is 43.0 Å². The van der Waals surface area contributed by atoms with Crippen molar-refractivity contribution in [3.63, 3.8) is 0 Å². The van der Waals surface area contributed by atoms with Gasteiger partial charge in [0, 0.05) is 24.3 Å². The number of aryl methyl sites for hydroxylation is 1. The summed E-state index contributed by atoms with van der Waals surface area (Å²) in [6, 6.07) is 3.92. The number of hydrogen-bond donors (Lipinski definition) is 1. The summed E-state index contributed by atoms with van der Waals surface area (Å²) in [7, 11) is 0. The minimum Gasteiger partial charge on any atom is -0.411 e. The highest BCUT2D eigenvalue weighted by Gasteiger charge is 2.07. The second kappa shape index (κ2) is 6.89. The predicted molar refractivity (Wildman–Crippen MR) is 71.1 cm³/mol. The van der Waals surface area contributed by atoms with Crippen molar-refractivity contribution in [2.24, 2.45) is 5.16 Å². The van der Waals surface area contributed by atoms with Crippen LogP contribution in [0.4, 0.5) is 5.82 Å². The van der Waals surface area contributed by atoms with Gasteiger partial charge in [-0.15, -0.1) is 0 Å². The third-order valence-electron chi connectivity index (χ3n) is 2.62. The van der Waals surface area contributed by atoms with Gasteiger partial charge < -0.3 is 10.1 Å². The highest BCUT2D eigenvalue weighted by Crippen LogP contribution is 2.14. The van der Waals surface area contributed by atoms with Gasteiger partial charge in [-0.3, -0.25) is 0 Å². The molecule has 0 spiro atoms. The molecule has 0 fully saturated rings. The molecule has 0 aliphatic carbocycles. The van der Waals surface area contributed by atoms with Crippen LogP contribution in [0.25, 0.3) is 0 Å². The zero-order valence-electron chi connectivity index (χ0n) is 10.8. The van der Waals surface area contributed by atoms with E-state index in [9.17, 15) is 0 Å². The topological polar surface area (TPSA) is 48.7 Å². The Balaban J connectivity index is 2.92. The first-order chi connectivity index (χ1) is 8.22. The van der Waals surface area contributed by atoms with Crippen LogP contribution < -0.4 is 4.90 Å². The average Bonchev–Trinajstić information content (AvgIpc) is 2.32. The van der Waals surface area contributed by atoms with Crippen LogP contribution >= 0.6 is 0 Å². The van der Waals surface area contributed by atoms with Crippen LogP contribution in [-0.2, 0) is 0 Å². The van der Waals surface area contributed by atoms with E-state index in [0.29, 0.717) is 0 Å². The summed E-state index contributed by atoms with van der Waals surface area (Å²) in [4.78, 5) is 6.84. The predicted octanol–water partition coefficient (Wildman–Crippen LogP) is 2.82. The number of nitrogens with zero attached hydrogens (tertiary/aromatic N) is 3. The minimum absolute atomic E-state index is 0.851. The van der Waals surface area contributed by atoms with E-state index < -0.39 is 0 Å². The smallest absolute Gasteiger partial charge is 0.128 e. The molecule has 94 valence electrons. The summed E-state index contributed by atoms with van der Waals surface area (Å²) in [5, 5.41) is 11.6. The molecule has 1 aromatic rings. The van der Waals surface area contributed by atoms with Crippen LogP contribution in [0.15, 0.2) is 17.3 Å². The number of hydrogen-bond acceptors (Lipinski definition) is 4. The summed E-state index contributed by atoms with van der Waals surface area (Å²) < 4.78 is 0. The standard InChI is InChI=1S/C13H21N3O/c1-4-8-16(9-5-2)13-7-6-12(10-14-17)11(3)15-13/h6-7,10,17H,4-5,8-9H2,1-3H3/b14-10+. The molecule has 0 aromatic carbocycles. The van der Waals surface area contributed by atoms with Crippen LogP contribution in [-0.4, -0.2) is 29.5 Å². The number of aromatic nitrogens is 1. The number of anilines is 1. The fourth-order valence-electron chi connectivity index (χ4n) is 1.81. The Morgan fingerprint density at radius 3 is 2.41 bits per heavy atom. The molecule has 1 aromatic heterocycles. The maximum atomic E-state index is 8.52. The Bertz CT molecular complexity index is 371. The van der Waals surface area contributed by atoms with Crippen LogP contribution in [0.3, 0.4) is 0 Å². The first-order valence-electron chi connectivity index (χ1n) is 6.13. The van der Waals surface area contributed by atoms with Gasteiger partial charge >= 0.3 is 0 Å². The average molecular weight is 235 g/mol. The van der Waals surface area contributed by atoms with E-state index in [4.69, 9.17) is 5.21 Å². The SMILES string of the molecule is CCCN(CCC)c1ccc(/C=N/O)c(C)n1. The molecule has 4 heteroatoms. The van der Waals surface area contributed by atoms with E-state index >= 15 is 0 Å². The molecule has 0 bridgehead atoms. The maximum Gasteiger partial charge on any atom is 0.128 e. The van der Waals surface area contributed by atoms with Crippen LogP contribution in [0.1, 0.15) is 37.9 Å². The maximum absolute atomic E-state index is 8.52. The van der Waals surface area contributed by atoms with Crippen molar-refractivity contribution < 1.29 is 5.21 Å². The summed E-state index contributed by atoms with van der Waals surface area (Å²) >= 11 is 0. The molecule has 4 nitrogen and oxygen atoms in total.